The molecule has 30 heavy (non-hydrogen) atoms. The third-order valence-corrected chi connectivity index (χ3v) is 7.08. The Hall–Kier alpha value is -1.91. The standard InChI is InChI=1S/C22H34F2N4O2/c1-2-6-22(23,24)15-17(18(29)27-21(16-25)9-10-21)26-19(30)28-13-11-20(12-14-28)7-4-3-5-8-20/h17H,2-15H2,1H3,(H,26,30)(H,27,29)/t17-/m0/s1. The van der Waals surface area contributed by atoms with Crippen LogP contribution < -0.4 is 10.6 Å². The number of carbonyl (C=O) groups excluding carboxylic acids is 2. The maximum Gasteiger partial charge on any atom is 0.318 e. The van der Waals surface area contributed by atoms with Gasteiger partial charge in [0.05, 0.1) is 6.07 Å². The number of hydrogen-bond donors (Lipinski definition) is 2. The van der Waals surface area contributed by atoms with Crippen LogP contribution in [0.25, 0.3) is 0 Å². The van der Waals surface area contributed by atoms with E-state index in [2.05, 4.69) is 10.6 Å². The van der Waals surface area contributed by atoms with Crippen LogP contribution in [-0.4, -0.2) is 47.4 Å². The fourth-order valence-electron chi connectivity index (χ4n) is 4.91. The molecule has 2 aliphatic carbocycles. The van der Waals surface area contributed by atoms with Crippen molar-refractivity contribution in [2.24, 2.45) is 5.41 Å². The van der Waals surface area contributed by atoms with Gasteiger partial charge in [-0.1, -0.05) is 32.6 Å². The summed E-state index contributed by atoms with van der Waals surface area (Å²) in [5.74, 6) is -3.75. The summed E-state index contributed by atoms with van der Waals surface area (Å²) in [5, 5.41) is 14.3. The summed E-state index contributed by atoms with van der Waals surface area (Å²) in [6, 6.07) is 0.219. The molecule has 0 aromatic carbocycles. The number of likely N-dealkylation sites (tertiary alicyclic amines) is 1. The minimum Gasteiger partial charge on any atom is -0.336 e. The smallest absolute Gasteiger partial charge is 0.318 e. The molecule has 168 valence electrons. The zero-order valence-corrected chi connectivity index (χ0v) is 17.9. The number of nitrogens with one attached hydrogen (secondary N) is 2. The highest BCUT2D eigenvalue weighted by Gasteiger charge is 2.47. The summed E-state index contributed by atoms with van der Waals surface area (Å²) in [6.07, 6.45) is 8.22. The predicted octanol–water partition coefficient (Wildman–Crippen LogP) is 4.11. The lowest BCUT2D eigenvalue weighted by atomic mass is 9.68. The molecule has 1 aliphatic heterocycles. The van der Waals surface area contributed by atoms with Crippen molar-refractivity contribution < 1.29 is 18.4 Å². The number of nitrogens with zero attached hydrogens (tertiary/aromatic N) is 2. The van der Waals surface area contributed by atoms with Crippen molar-refractivity contribution in [3.8, 4) is 6.07 Å². The van der Waals surface area contributed by atoms with Gasteiger partial charge in [0, 0.05) is 25.9 Å². The van der Waals surface area contributed by atoms with Crippen molar-refractivity contribution >= 4 is 11.9 Å². The Bertz CT molecular complexity index is 671. The summed E-state index contributed by atoms with van der Waals surface area (Å²) >= 11 is 0. The predicted molar refractivity (Wildman–Crippen MR) is 109 cm³/mol. The highest BCUT2D eigenvalue weighted by molar-refractivity contribution is 5.88. The molecule has 8 heteroatoms. The molecule has 3 fully saturated rings. The van der Waals surface area contributed by atoms with Crippen LogP contribution in [0.3, 0.4) is 0 Å². The van der Waals surface area contributed by atoms with Crippen molar-refractivity contribution in [3.05, 3.63) is 0 Å². The lowest BCUT2D eigenvalue weighted by Gasteiger charge is -2.44. The molecule has 1 heterocycles. The number of urea groups is 1. The van der Waals surface area contributed by atoms with Gasteiger partial charge in [0.2, 0.25) is 5.91 Å². The first-order chi connectivity index (χ1) is 14.2. The third kappa shape index (κ3) is 5.61. The van der Waals surface area contributed by atoms with Gasteiger partial charge in [0.1, 0.15) is 11.6 Å². The van der Waals surface area contributed by atoms with Crippen LogP contribution in [0, 0.1) is 16.7 Å². The summed E-state index contributed by atoms with van der Waals surface area (Å²) in [7, 11) is 0. The molecule has 3 amide bonds. The van der Waals surface area contributed by atoms with Gasteiger partial charge >= 0.3 is 6.03 Å². The molecule has 3 aliphatic rings. The molecule has 0 radical (unpaired) electrons. The lowest BCUT2D eigenvalue weighted by Crippen LogP contribution is -2.56. The van der Waals surface area contributed by atoms with Crippen LogP contribution in [0.15, 0.2) is 0 Å². The Morgan fingerprint density at radius 1 is 1.10 bits per heavy atom. The van der Waals surface area contributed by atoms with E-state index in [0.29, 0.717) is 31.3 Å². The Kier molecular flexibility index (Phi) is 6.88. The van der Waals surface area contributed by atoms with Crippen molar-refractivity contribution in [2.75, 3.05) is 13.1 Å². The van der Waals surface area contributed by atoms with E-state index in [1.54, 1.807) is 11.8 Å². The number of halogens is 2. The van der Waals surface area contributed by atoms with Crippen LogP contribution in [0.4, 0.5) is 13.6 Å². The van der Waals surface area contributed by atoms with Gasteiger partial charge in [0.15, 0.2) is 0 Å². The molecule has 2 N–H and O–H groups in total. The van der Waals surface area contributed by atoms with E-state index in [9.17, 15) is 23.6 Å². The molecule has 6 nitrogen and oxygen atoms in total. The molecule has 1 saturated heterocycles. The number of alkyl halides is 2. The van der Waals surface area contributed by atoms with Crippen LogP contribution in [0.1, 0.15) is 84.0 Å². The van der Waals surface area contributed by atoms with Gasteiger partial charge in [-0.3, -0.25) is 4.79 Å². The van der Waals surface area contributed by atoms with E-state index in [4.69, 9.17) is 0 Å². The van der Waals surface area contributed by atoms with Crippen molar-refractivity contribution in [2.45, 2.75) is 101 Å². The molecule has 1 atom stereocenters. The van der Waals surface area contributed by atoms with E-state index in [0.717, 1.165) is 12.8 Å². The zero-order valence-electron chi connectivity index (χ0n) is 17.9. The van der Waals surface area contributed by atoms with E-state index in [1.807, 2.05) is 6.07 Å². The molecule has 0 aromatic rings. The third-order valence-electron chi connectivity index (χ3n) is 7.08. The van der Waals surface area contributed by atoms with E-state index in [1.165, 1.54) is 32.1 Å². The number of carbonyl (C=O) groups is 2. The van der Waals surface area contributed by atoms with Crippen LogP contribution >= 0.6 is 0 Å². The normalized spacial score (nSPS) is 23.3. The topological polar surface area (TPSA) is 85.2 Å². The van der Waals surface area contributed by atoms with Crippen LogP contribution in [0.2, 0.25) is 0 Å². The number of rotatable bonds is 7. The molecule has 0 aromatic heterocycles. The van der Waals surface area contributed by atoms with Gasteiger partial charge in [-0.2, -0.15) is 5.26 Å². The van der Waals surface area contributed by atoms with Gasteiger partial charge in [0.25, 0.3) is 5.92 Å². The second-order valence-corrected chi connectivity index (χ2v) is 9.54. The van der Waals surface area contributed by atoms with Gasteiger partial charge in [-0.15, -0.1) is 0 Å². The van der Waals surface area contributed by atoms with Crippen LogP contribution in [-0.2, 0) is 4.79 Å². The summed E-state index contributed by atoms with van der Waals surface area (Å²) in [4.78, 5) is 27.1. The fourth-order valence-corrected chi connectivity index (χ4v) is 4.91. The summed E-state index contributed by atoms with van der Waals surface area (Å²) in [6.45, 7) is 2.84. The average molecular weight is 425 g/mol. The number of piperidine rings is 1. The maximum absolute atomic E-state index is 14.3. The van der Waals surface area contributed by atoms with Crippen molar-refractivity contribution in [1.29, 1.82) is 5.26 Å². The number of hydrogen-bond acceptors (Lipinski definition) is 3. The SMILES string of the molecule is CCCC(F)(F)C[C@H](NC(=O)N1CCC2(CCCCC2)CC1)C(=O)NC1(C#N)CC1. The van der Waals surface area contributed by atoms with Gasteiger partial charge in [-0.25, -0.2) is 13.6 Å². The maximum atomic E-state index is 14.3. The van der Waals surface area contributed by atoms with E-state index >= 15 is 0 Å². The van der Waals surface area contributed by atoms with Crippen molar-refractivity contribution in [3.63, 3.8) is 0 Å². The Morgan fingerprint density at radius 3 is 2.27 bits per heavy atom. The fraction of sp³-hybridized carbons (Fsp3) is 0.864. The second kappa shape index (κ2) is 9.07. The van der Waals surface area contributed by atoms with Gasteiger partial charge in [-0.05, 0) is 43.9 Å². The molecule has 2 saturated carbocycles. The molecule has 3 rings (SSSR count). The second-order valence-electron chi connectivity index (χ2n) is 9.54. The number of amides is 3. The quantitative estimate of drug-likeness (QED) is 0.645. The molecule has 0 unspecified atom stereocenters. The highest BCUT2D eigenvalue weighted by Crippen LogP contribution is 2.44. The monoisotopic (exact) mass is 424 g/mol. The lowest BCUT2D eigenvalue weighted by molar-refractivity contribution is -0.126. The first-order valence-corrected chi connectivity index (χ1v) is 11.4. The first-order valence-electron chi connectivity index (χ1n) is 11.4. The van der Waals surface area contributed by atoms with Gasteiger partial charge < -0.3 is 15.5 Å². The Labute approximate surface area is 177 Å². The Balaban J connectivity index is 1.61. The van der Waals surface area contributed by atoms with E-state index in [-0.39, 0.29) is 12.8 Å². The minimum atomic E-state index is -3.05. The average Bonchev–Trinajstić information content (AvgIpc) is 3.48. The molecule has 0 bridgehead atoms. The Morgan fingerprint density at radius 2 is 1.73 bits per heavy atom. The van der Waals surface area contributed by atoms with Crippen LogP contribution in [0.5, 0.6) is 0 Å². The summed E-state index contributed by atoms with van der Waals surface area (Å²) in [5.41, 5.74) is -0.635. The molecule has 1 spiro atoms. The molecular weight excluding hydrogens is 390 g/mol. The van der Waals surface area contributed by atoms with Crippen molar-refractivity contribution in [1.82, 2.24) is 15.5 Å². The molecular formula is C22H34F2N4O2. The summed E-state index contributed by atoms with van der Waals surface area (Å²) < 4.78 is 28.6. The first kappa shape index (κ1) is 22.8. The largest absolute Gasteiger partial charge is 0.336 e. The highest BCUT2D eigenvalue weighted by atomic mass is 19.3. The minimum absolute atomic E-state index is 0.283. The zero-order chi connectivity index (χ0) is 21.8. The number of nitriles is 1. The van der Waals surface area contributed by atoms with E-state index < -0.39 is 35.9 Å².